The lowest BCUT2D eigenvalue weighted by atomic mass is 10.1. The number of anilines is 1. The van der Waals surface area contributed by atoms with Crippen LogP contribution in [0.2, 0.25) is 5.02 Å². The standard InChI is InChI=1S/C19H11ClFN3O2S/c20-14-7-11(8-15(21)17(14)25)6-13(9-22)18(26)24-19-23-16(10-27-19)12-4-2-1-3-5-12/h1-8,10,25H,(H,23,24,26)/b13-6+. The van der Waals surface area contributed by atoms with Crippen molar-refractivity contribution >= 4 is 40.1 Å². The topological polar surface area (TPSA) is 86.0 Å². The molecule has 0 aliphatic carbocycles. The maximum Gasteiger partial charge on any atom is 0.268 e. The van der Waals surface area contributed by atoms with Crippen LogP contribution in [0.25, 0.3) is 17.3 Å². The molecule has 0 atom stereocenters. The molecule has 1 amide bonds. The highest BCUT2D eigenvalue weighted by Crippen LogP contribution is 2.29. The average molecular weight is 400 g/mol. The number of aromatic hydroxyl groups is 1. The van der Waals surface area contributed by atoms with Crippen molar-refractivity contribution in [2.45, 2.75) is 0 Å². The summed E-state index contributed by atoms with van der Waals surface area (Å²) in [5.41, 5.74) is 1.52. The number of hydrogen-bond donors (Lipinski definition) is 2. The van der Waals surface area contributed by atoms with Crippen molar-refractivity contribution in [3.8, 4) is 23.1 Å². The van der Waals surface area contributed by atoms with Gasteiger partial charge in [0, 0.05) is 10.9 Å². The summed E-state index contributed by atoms with van der Waals surface area (Å²) in [6.45, 7) is 0. The van der Waals surface area contributed by atoms with Gasteiger partial charge in [0.05, 0.1) is 10.7 Å². The summed E-state index contributed by atoms with van der Waals surface area (Å²) in [6.07, 6.45) is 1.18. The smallest absolute Gasteiger partial charge is 0.268 e. The Labute approximate surface area is 163 Å². The van der Waals surface area contributed by atoms with E-state index in [4.69, 9.17) is 11.6 Å². The minimum absolute atomic E-state index is 0.172. The average Bonchev–Trinajstić information content (AvgIpc) is 3.13. The number of halogens is 2. The molecule has 27 heavy (non-hydrogen) atoms. The Morgan fingerprint density at radius 3 is 2.74 bits per heavy atom. The zero-order chi connectivity index (χ0) is 19.4. The number of phenols is 1. The van der Waals surface area contributed by atoms with Crippen LogP contribution >= 0.6 is 22.9 Å². The zero-order valence-electron chi connectivity index (χ0n) is 13.6. The number of nitrogens with zero attached hydrogens (tertiary/aromatic N) is 2. The van der Waals surface area contributed by atoms with E-state index in [0.29, 0.717) is 10.8 Å². The number of carbonyl (C=O) groups excluding carboxylic acids is 1. The summed E-state index contributed by atoms with van der Waals surface area (Å²) in [5, 5.41) is 23.0. The van der Waals surface area contributed by atoms with Crippen molar-refractivity contribution < 1.29 is 14.3 Å². The molecule has 0 saturated carbocycles. The number of nitriles is 1. The molecular weight excluding hydrogens is 389 g/mol. The number of carbonyl (C=O) groups is 1. The van der Waals surface area contributed by atoms with Crippen LogP contribution in [-0.4, -0.2) is 16.0 Å². The van der Waals surface area contributed by atoms with E-state index >= 15 is 0 Å². The first-order valence-electron chi connectivity index (χ1n) is 7.60. The molecular formula is C19H11ClFN3O2S. The molecule has 0 fully saturated rings. The van der Waals surface area contributed by atoms with E-state index in [0.717, 1.165) is 11.6 Å². The van der Waals surface area contributed by atoms with Crippen LogP contribution in [0.5, 0.6) is 5.75 Å². The Hall–Kier alpha value is -3.21. The van der Waals surface area contributed by atoms with Crippen molar-refractivity contribution in [2.75, 3.05) is 5.32 Å². The fourth-order valence-corrected chi connectivity index (χ4v) is 3.15. The molecule has 0 saturated heterocycles. The van der Waals surface area contributed by atoms with Crippen LogP contribution in [-0.2, 0) is 4.79 Å². The second kappa shape index (κ2) is 7.99. The Morgan fingerprint density at radius 2 is 2.07 bits per heavy atom. The molecule has 0 radical (unpaired) electrons. The van der Waals surface area contributed by atoms with Gasteiger partial charge in [-0.3, -0.25) is 10.1 Å². The monoisotopic (exact) mass is 399 g/mol. The molecule has 1 heterocycles. The van der Waals surface area contributed by atoms with Crippen LogP contribution in [0.15, 0.2) is 53.4 Å². The maximum atomic E-state index is 13.6. The van der Waals surface area contributed by atoms with Crippen LogP contribution < -0.4 is 5.32 Å². The van der Waals surface area contributed by atoms with E-state index in [2.05, 4.69) is 10.3 Å². The fourth-order valence-electron chi connectivity index (χ4n) is 2.22. The normalized spacial score (nSPS) is 11.1. The molecule has 2 N–H and O–H groups in total. The van der Waals surface area contributed by atoms with Crippen molar-refractivity contribution in [2.24, 2.45) is 0 Å². The van der Waals surface area contributed by atoms with E-state index in [1.165, 1.54) is 23.5 Å². The van der Waals surface area contributed by atoms with E-state index < -0.39 is 17.5 Å². The van der Waals surface area contributed by atoms with Gasteiger partial charge < -0.3 is 5.11 Å². The number of hydrogen-bond acceptors (Lipinski definition) is 5. The minimum Gasteiger partial charge on any atom is -0.504 e. The highest BCUT2D eigenvalue weighted by molar-refractivity contribution is 7.14. The van der Waals surface area contributed by atoms with Crippen molar-refractivity contribution in [1.29, 1.82) is 5.26 Å². The van der Waals surface area contributed by atoms with Gasteiger partial charge >= 0.3 is 0 Å². The van der Waals surface area contributed by atoms with Crippen molar-refractivity contribution in [1.82, 2.24) is 4.98 Å². The minimum atomic E-state index is -0.945. The Morgan fingerprint density at radius 1 is 1.33 bits per heavy atom. The van der Waals surface area contributed by atoms with Crippen LogP contribution in [0, 0.1) is 17.1 Å². The molecule has 0 unspecified atom stereocenters. The zero-order valence-corrected chi connectivity index (χ0v) is 15.2. The predicted octanol–water partition coefficient (Wildman–Crippen LogP) is 4.85. The van der Waals surface area contributed by atoms with Gasteiger partial charge in [-0.1, -0.05) is 41.9 Å². The lowest BCUT2D eigenvalue weighted by Crippen LogP contribution is -2.13. The number of phenolic OH excluding ortho intramolecular Hbond substituents is 1. The molecule has 0 bridgehead atoms. The highest BCUT2D eigenvalue weighted by atomic mass is 35.5. The molecule has 0 aliphatic heterocycles. The molecule has 3 rings (SSSR count). The van der Waals surface area contributed by atoms with Crippen molar-refractivity contribution in [3.05, 3.63) is 69.8 Å². The SMILES string of the molecule is N#C/C(=C\c1cc(F)c(O)c(Cl)c1)C(=O)Nc1nc(-c2ccccc2)cs1. The molecule has 5 nitrogen and oxygen atoms in total. The van der Waals surface area contributed by atoms with Crippen molar-refractivity contribution in [3.63, 3.8) is 0 Å². The first kappa shape index (κ1) is 18.6. The number of rotatable bonds is 4. The van der Waals surface area contributed by atoms with Gasteiger partial charge in [0.1, 0.15) is 11.6 Å². The summed E-state index contributed by atoms with van der Waals surface area (Å²) >= 11 is 6.92. The van der Waals surface area contributed by atoms with Gasteiger partial charge in [-0.25, -0.2) is 9.37 Å². The van der Waals surface area contributed by atoms with Gasteiger partial charge in [0.25, 0.3) is 5.91 Å². The summed E-state index contributed by atoms with van der Waals surface area (Å²) in [5.74, 6) is -2.32. The summed E-state index contributed by atoms with van der Waals surface area (Å²) in [7, 11) is 0. The third-order valence-electron chi connectivity index (χ3n) is 3.51. The number of aromatic nitrogens is 1. The van der Waals surface area contributed by atoms with Gasteiger partial charge in [0.2, 0.25) is 0 Å². The van der Waals surface area contributed by atoms with Crippen LogP contribution in [0.3, 0.4) is 0 Å². The van der Waals surface area contributed by atoms with E-state index in [-0.39, 0.29) is 16.2 Å². The molecule has 2 aromatic carbocycles. The molecule has 0 spiro atoms. The summed E-state index contributed by atoms with van der Waals surface area (Å²) in [6, 6.07) is 13.4. The largest absolute Gasteiger partial charge is 0.504 e. The summed E-state index contributed by atoms with van der Waals surface area (Å²) < 4.78 is 13.6. The van der Waals surface area contributed by atoms with Gasteiger partial charge in [-0.05, 0) is 23.8 Å². The summed E-state index contributed by atoms with van der Waals surface area (Å²) in [4.78, 5) is 16.6. The lowest BCUT2D eigenvalue weighted by Gasteiger charge is -2.03. The molecule has 0 aliphatic rings. The number of thiazole rings is 1. The maximum absolute atomic E-state index is 13.6. The first-order chi connectivity index (χ1) is 13.0. The third-order valence-corrected chi connectivity index (χ3v) is 4.56. The van der Waals surface area contributed by atoms with Crippen LogP contribution in [0.1, 0.15) is 5.56 Å². The lowest BCUT2D eigenvalue weighted by molar-refractivity contribution is -0.112. The molecule has 8 heteroatoms. The second-order valence-electron chi connectivity index (χ2n) is 5.36. The Balaban J connectivity index is 1.80. The molecule has 1 aromatic heterocycles. The van der Waals surface area contributed by atoms with E-state index in [9.17, 15) is 19.6 Å². The first-order valence-corrected chi connectivity index (χ1v) is 8.86. The third kappa shape index (κ3) is 4.31. The van der Waals surface area contributed by atoms with Gasteiger partial charge in [0.15, 0.2) is 16.7 Å². The quantitative estimate of drug-likeness (QED) is 0.485. The van der Waals surface area contributed by atoms with Crippen LogP contribution in [0.4, 0.5) is 9.52 Å². The van der Waals surface area contributed by atoms with Gasteiger partial charge in [-0.15, -0.1) is 11.3 Å². The Bertz CT molecular complexity index is 1050. The molecule has 134 valence electrons. The number of nitrogens with one attached hydrogen (secondary N) is 1. The predicted molar refractivity (Wildman–Crippen MR) is 103 cm³/mol. The van der Waals surface area contributed by atoms with E-state index in [1.807, 2.05) is 30.3 Å². The fraction of sp³-hybridized carbons (Fsp3) is 0. The van der Waals surface area contributed by atoms with E-state index in [1.54, 1.807) is 11.4 Å². The highest BCUT2D eigenvalue weighted by Gasteiger charge is 2.14. The number of benzene rings is 2. The Kier molecular flexibility index (Phi) is 5.50. The van der Waals surface area contributed by atoms with Gasteiger partial charge in [-0.2, -0.15) is 5.26 Å². The molecule has 3 aromatic rings. The second-order valence-corrected chi connectivity index (χ2v) is 6.63. The number of amides is 1.